The Labute approximate surface area is 150 Å². The number of rotatable bonds is 4. The molecule has 0 unspecified atom stereocenters. The topological polar surface area (TPSA) is 53.6 Å². The number of fused-ring (bicyclic) bond motifs is 1. The third-order valence-electron chi connectivity index (χ3n) is 5.89. The number of carbonyl (C=O) groups is 1. The molecule has 2 amide bonds. The Kier molecular flexibility index (Phi) is 5.11. The summed E-state index contributed by atoms with van der Waals surface area (Å²) in [6, 6.07) is 8.46. The van der Waals surface area contributed by atoms with Gasteiger partial charge in [0.05, 0.1) is 6.10 Å². The van der Waals surface area contributed by atoms with Crippen molar-refractivity contribution in [1.82, 2.24) is 10.2 Å². The van der Waals surface area contributed by atoms with Gasteiger partial charge < -0.3 is 15.4 Å². The molecule has 2 heterocycles. The van der Waals surface area contributed by atoms with Crippen molar-refractivity contribution in [2.45, 2.75) is 69.6 Å². The number of urea groups is 1. The molecule has 2 atom stereocenters. The second kappa shape index (κ2) is 7.65. The van der Waals surface area contributed by atoms with Gasteiger partial charge in [-0.15, -0.1) is 0 Å². The van der Waals surface area contributed by atoms with E-state index in [1.807, 2.05) is 24.3 Å². The smallest absolute Gasteiger partial charge is 0.319 e. The van der Waals surface area contributed by atoms with Crippen LogP contribution in [0, 0.1) is 0 Å². The number of piperidine rings is 1. The molecule has 0 radical (unpaired) electrons. The molecule has 1 aromatic carbocycles. The first-order valence-corrected chi connectivity index (χ1v) is 9.86. The fourth-order valence-corrected chi connectivity index (χ4v) is 4.57. The molecule has 5 heteroatoms. The summed E-state index contributed by atoms with van der Waals surface area (Å²) in [7, 11) is 0. The van der Waals surface area contributed by atoms with Crippen LogP contribution < -0.4 is 15.4 Å². The van der Waals surface area contributed by atoms with E-state index in [1.165, 1.54) is 38.6 Å². The van der Waals surface area contributed by atoms with Gasteiger partial charge in [-0.1, -0.05) is 6.42 Å². The van der Waals surface area contributed by atoms with Gasteiger partial charge in [0, 0.05) is 24.3 Å². The fourth-order valence-electron chi connectivity index (χ4n) is 4.57. The number of benzene rings is 1. The third-order valence-corrected chi connectivity index (χ3v) is 5.89. The third kappa shape index (κ3) is 4.09. The summed E-state index contributed by atoms with van der Waals surface area (Å²) in [5.74, 6) is 0.895. The lowest BCUT2D eigenvalue weighted by Gasteiger charge is -2.32. The fraction of sp³-hybridized carbons (Fsp3) is 0.650. The number of hydrogen-bond donors (Lipinski definition) is 2. The van der Waals surface area contributed by atoms with Gasteiger partial charge in [-0.3, -0.25) is 4.90 Å². The zero-order valence-electron chi connectivity index (χ0n) is 14.9. The minimum Gasteiger partial charge on any atom is -0.490 e. The molecule has 3 fully saturated rings. The molecule has 2 N–H and O–H groups in total. The quantitative estimate of drug-likeness (QED) is 0.875. The molecule has 0 bridgehead atoms. The van der Waals surface area contributed by atoms with Crippen LogP contribution in [0.4, 0.5) is 10.5 Å². The monoisotopic (exact) mass is 343 g/mol. The van der Waals surface area contributed by atoms with E-state index in [0.29, 0.717) is 12.1 Å². The van der Waals surface area contributed by atoms with Crippen molar-refractivity contribution in [1.29, 1.82) is 0 Å². The number of nitrogens with one attached hydrogen (secondary N) is 2. The molecule has 3 aliphatic rings. The maximum atomic E-state index is 12.3. The Morgan fingerprint density at radius 3 is 2.52 bits per heavy atom. The molecule has 0 spiro atoms. The Bertz CT molecular complexity index is 583. The highest BCUT2D eigenvalue weighted by molar-refractivity contribution is 5.89. The van der Waals surface area contributed by atoms with E-state index in [-0.39, 0.29) is 12.1 Å². The first kappa shape index (κ1) is 16.7. The van der Waals surface area contributed by atoms with Gasteiger partial charge in [0.15, 0.2) is 0 Å². The van der Waals surface area contributed by atoms with Crippen molar-refractivity contribution in [3.8, 4) is 5.75 Å². The largest absolute Gasteiger partial charge is 0.490 e. The van der Waals surface area contributed by atoms with Crippen LogP contribution >= 0.6 is 0 Å². The first-order valence-electron chi connectivity index (χ1n) is 9.86. The van der Waals surface area contributed by atoms with Gasteiger partial charge in [0.25, 0.3) is 0 Å². The molecule has 1 aliphatic carbocycles. The molecular weight excluding hydrogens is 314 g/mol. The predicted octanol–water partition coefficient (Wildman–Crippen LogP) is 3.76. The zero-order valence-corrected chi connectivity index (χ0v) is 14.9. The summed E-state index contributed by atoms with van der Waals surface area (Å²) in [6.45, 7) is 2.30. The van der Waals surface area contributed by atoms with Crippen LogP contribution in [0.25, 0.3) is 0 Å². The molecule has 2 saturated heterocycles. The van der Waals surface area contributed by atoms with E-state index < -0.39 is 0 Å². The van der Waals surface area contributed by atoms with Crippen molar-refractivity contribution >= 4 is 11.7 Å². The Morgan fingerprint density at radius 2 is 1.72 bits per heavy atom. The average Bonchev–Trinajstić information content (AvgIpc) is 3.27. The van der Waals surface area contributed by atoms with Crippen LogP contribution in [0.5, 0.6) is 5.75 Å². The summed E-state index contributed by atoms with van der Waals surface area (Å²) >= 11 is 0. The molecule has 5 nitrogen and oxygen atoms in total. The summed E-state index contributed by atoms with van der Waals surface area (Å²) < 4.78 is 5.97. The van der Waals surface area contributed by atoms with E-state index in [4.69, 9.17) is 4.74 Å². The van der Waals surface area contributed by atoms with Gasteiger partial charge in [0.2, 0.25) is 0 Å². The number of ether oxygens (including phenoxy) is 1. The lowest BCUT2D eigenvalue weighted by Crippen LogP contribution is -2.47. The normalized spacial score (nSPS) is 27.0. The van der Waals surface area contributed by atoms with Gasteiger partial charge in [-0.25, -0.2) is 4.79 Å². The minimum absolute atomic E-state index is 0.0955. The first-order chi connectivity index (χ1) is 12.3. The second-order valence-corrected chi connectivity index (χ2v) is 7.64. The molecule has 1 saturated carbocycles. The lowest BCUT2D eigenvalue weighted by atomic mass is 9.99. The molecule has 136 valence electrons. The minimum atomic E-state index is -0.0955. The van der Waals surface area contributed by atoms with Crippen LogP contribution in [-0.2, 0) is 0 Å². The lowest BCUT2D eigenvalue weighted by molar-refractivity contribution is 0.180. The van der Waals surface area contributed by atoms with E-state index >= 15 is 0 Å². The number of hydrogen-bond acceptors (Lipinski definition) is 3. The van der Waals surface area contributed by atoms with Gasteiger partial charge >= 0.3 is 6.03 Å². The van der Waals surface area contributed by atoms with Crippen molar-refractivity contribution in [3.63, 3.8) is 0 Å². The number of carbonyl (C=O) groups excluding carboxylic acids is 1. The summed E-state index contributed by atoms with van der Waals surface area (Å²) in [6.07, 6.45) is 10.1. The summed E-state index contributed by atoms with van der Waals surface area (Å²) in [5.41, 5.74) is 0.815. The highest BCUT2D eigenvalue weighted by Gasteiger charge is 2.36. The molecule has 2 aliphatic heterocycles. The summed E-state index contributed by atoms with van der Waals surface area (Å²) in [4.78, 5) is 14.9. The van der Waals surface area contributed by atoms with Crippen LogP contribution in [0.15, 0.2) is 24.3 Å². The summed E-state index contributed by atoms with van der Waals surface area (Å²) in [5, 5.41) is 6.14. The number of nitrogens with zero attached hydrogens (tertiary/aromatic N) is 1. The highest BCUT2D eigenvalue weighted by atomic mass is 16.5. The molecule has 4 rings (SSSR count). The Balaban J connectivity index is 1.27. The maximum absolute atomic E-state index is 12.3. The van der Waals surface area contributed by atoms with Crippen molar-refractivity contribution in [2.75, 3.05) is 18.4 Å². The van der Waals surface area contributed by atoms with Gasteiger partial charge in [0.1, 0.15) is 5.75 Å². The molecule has 0 aromatic heterocycles. The molecule has 1 aromatic rings. The van der Waals surface area contributed by atoms with Crippen LogP contribution in [0.3, 0.4) is 0 Å². The van der Waals surface area contributed by atoms with Crippen molar-refractivity contribution in [2.24, 2.45) is 0 Å². The molecule has 25 heavy (non-hydrogen) atoms. The SMILES string of the molecule is O=C(Nc1ccc(OC2CCCC2)cc1)N[C@@H]1CCN2CCCC[C@H]12. The van der Waals surface area contributed by atoms with E-state index in [2.05, 4.69) is 15.5 Å². The zero-order chi connectivity index (χ0) is 17.1. The van der Waals surface area contributed by atoms with Crippen LogP contribution in [-0.4, -0.2) is 42.2 Å². The predicted molar refractivity (Wildman–Crippen MR) is 99.1 cm³/mol. The second-order valence-electron chi connectivity index (χ2n) is 7.64. The Morgan fingerprint density at radius 1 is 0.960 bits per heavy atom. The van der Waals surface area contributed by atoms with E-state index in [1.54, 1.807) is 0 Å². The van der Waals surface area contributed by atoms with Crippen molar-refractivity contribution < 1.29 is 9.53 Å². The molecular formula is C20H29N3O2. The van der Waals surface area contributed by atoms with Crippen molar-refractivity contribution in [3.05, 3.63) is 24.3 Å². The van der Waals surface area contributed by atoms with Gasteiger partial charge in [-0.2, -0.15) is 0 Å². The van der Waals surface area contributed by atoms with E-state index in [9.17, 15) is 4.79 Å². The highest BCUT2D eigenvalue weighted by Crippen LogP contribution is 2.27. The average molecular weight is 343 g/mol. The van der Waals surface area contributed by atoms with E-state index in [0.717, 1.165) is 37.2 Å². The Hall–Kier alpha value is -1.75. The number of anilines is 1. The standard InChI is InChI=1S/C20H29N3O2/c24-20(22-18-12-14-23-13-4-3-7-19(18)23)21-15-8-10-17(11-9-15)25-16-5-1-2-6-16/h8-11,16,18-19H,1-7,12-14H2,(H2,21,22,24)/t18-,19-/m1/s1. The van der Waals surface area contributed by atoms with Crippen LogP contribution in [0.1, 0.15) is 51.4 Å². The number of amides is 2. The van der Waals surface area contributed by atoms with Gasteiger partial charge in [-0.05, 0) is 75.8 Å². The van der Waals surface area contributed by atoms with Crippen LogP contribution in [0.2, 0.25) is 0 Å². The maximum Gasteiger partial charge on any atom is 0.319 e.